The Morgan fingerprint density at radius 1 is 1.22 bits per heavy atom. The van der Waals surface area contributed by atoms with E-state index in [2.05, 4.69) is 10.2 Å². The maximum Gasteiger partial charge on any atom is 0.317 e. The minimum Gasteiger partial charge on any atom is -0.480 e. The molecule has 1 amide bonds. The van der Waals surface area contributed by atoms with Gasteiger partial charge in [0.25, 0.3) is 0 Å². The van der Waals surface area contributed by atoms with Crippen molar-refractivity contribution in [1.29, 1.82) is 0 Å². The Kier molecular flexibility index (Phi) is 5.60. The van der Waals surface area contributed by atoms with E-state index in [0.29, 0.717) is 32.6 Å². The minimum absolute atomic E-state index is 0.0447. The molecule has 2 aliphatic rings. The first-order chi connectivity index (χ1) is 11.1. The molecule has 2 saturated heterocycles. The van der Waals surface area contributed by atoms with Crippen molar-refractivity contribution in [3.05, 3.63) is 30.3 Å². The topological polar surface area (TPSA) is 72.9 Å². The number of aliphatic carboxylic acids is 1. The predicted molar refractivity (Wildman–Crippen MR) is 89.3 cm³/mol. The number of nitrogens with one attached hydrogen (secondary N) is 1. The Morgan fingerprint density at radius 2 is 1.83 bits per heavy atom. The average Bonchev–Trinajstić information content (AvgIpc) is 2.89. The smallest absolute Gasteiger partial charge is 0.317 e. The van der Waals surface area contributed by atoms with Crippen LogP contribution in [0.2, 0.25) is 0 Å². The van der Waals surface area contributed by atoms with E-state index >= 15 is 0 Å². The molecule has 1 aromatic rings. The van der Waals surface area contributed by atoms with Crippen molar-refractivity contribution in [2.75, 3.05) is 31.2 Å². The van der Waals surface area contributed by atoms with E-state index in [1.807, 2.05) is 49.1 Å². The first-order valence-corrected chi connectivity index (χ1v) is 8.17. The van der Waals surface area contributed by atoms with Crippen LogP contribution in [0.5, 0.6) is 0 Å². The fourth-order valence-electron chi connectivity index (χ4n) is 3.30. The zero-order chi connectivity index (χ0) is 16.9. The lowest BCUT2D eigenvalue weighted by Gasteiger charge is -2.43. The summed E-state index contributed by atoms with van der Waals surface area (Å²) >= 11 is 0. The van der Waals surface area contributed by atoms with Crippen LogP contribution in [0.3, 0.4) is 0 Å². The van der Waals surface area contributed by atoms with Crippen LogP contribution in [0.25, 0.3) is 0 Å². The van der Waals surface area contributed by atoms with Crippen LogP contribution in [0.15, 0.2) is 30.3 Å². The molecule has 0 aromatic heterocycles. The van der Waals surface area contributed by atoms with Gasteiger partial charge in [0, 0.05) is 18.8 Å². The number of piperidine rings is 1. The number of hydrogen-bond donors (Lipinski definition) is 2. The fourth-order valence-corrected chi connectivity index (χ4v) is 3.30. The van der Waals surface area contributed by atoms with E-state index in [4.69, 9.17) is 5.11 Å². The molecule has 0 atom stereocenters. The number of carbonyl (C=O) groups excluding carboxylic acids is 1. The van der Waals surface area contributed by atoms with Crippen LogP contribution in [-0.4, -0.2) is 53.7 Å². The third kappa shape index (κ3) is 3.47. The van der Waals surface area contributed by atoms with Gasteiger partial charge in [-0.1, -0.05) is 32.0 Å². The molecule has 0 radical (unpaired) electrons. The first kappa shape index (κ1) is 17.3. The van der Waals surface area contributed by atoms with Gasteiger partial charge in [-0.05, 0) is 25.0 Å². The zero-order valence-electron chi connectivity index (χ0n) is 13.8. The molecule has 126 valence electrons. The molecule has 2 N–H and O–H groups in total. The molecule has 0 aliphatic carbocycles. The maximum atomic E-state index is 12.4. The van der Waals surface area contributed by atoms with Crippen LogP contribution in [0.4, 0.5) is 5.69 Å². The summed E-state index contributed by atoms with van der Waals surface area (Å²) < 4.78 is 0. The monoisotopic (exact) mass is 319 g/mol. The Morgan fingerprint density at radius 3 is 2.39 bits per heavy atom. The number of rotatable bonds is 3. The molecule has 0 unspecified atom stereocenters. The van der Waals surface area contributed by atoms with Crippen LogP contribution in [0, 0.1) is 0 Å². The Bertz CT molecular complexity index is 539. The van der Waals surface area contributed by atoms with Crippen molar-refractivity contribution >= 4 is 17.6 Å². The molecule has 2 fully saturated rings. The van der Waals surface area contributed by atoms with Gasteiger partial charge in [-0.3, -0.25) is 14.5 Å². The molecule has 23 heavy (non-hydrogen) atoms. The summed E-state index contributed by atoms with van der Waals surface area (Å²) in [7, 11) is 0. The number of amides is 1. The van der Waals surface area contributed by atoms with Gasteiger partial charge in [0.05, 0.1) is 13.2 Å². The lowest BCUT2D eigenvalue weighted by molar-refractivity contribution is -0.138. The summed E-state index contributed by atoms with van der Waals surface area (Å²) in [6.45, 7) is 5.82. The van der Waals surface area contributed by atoms with E-state index in [1.54, 1.807) is 0 Å². The Hall–Kier alpha value is -2.08. The van der Waals surface area contributed by atoms with E-state index < -0.39 is 11.5 Å². The lowest BCUT2D eigenvalue weighted by Crippen LogP contribution is -2.56. The highest BCUT2D eigenvalue weighted by atomic mass is 16.4. The minimum atomic E-state index is -0.818. The van der Waals surface area contributed by atoms with Crippen LogP contribution < -0.4 is 10.2 Å². The Labute approximate surface area is 137 Å². The second-order valence-corrected chi connectivity index (χ2v) is 5.63. The average molecular weight is 319 g/mol. The number of likely N-dealkylation sites (tertiary alicyclic amines) is 1. The van der Waals surface area contributed by atoms with Crippen molar-refractivity contribution in [1.82, 2.24) is 10.2 Å². The first-order valence-electron chi connectivity index (χ1n) is 8.17. The molecular formula is C17H25N3O3. The van der Waals surface area contributed by atoms with Gasteiger partial charge in [-0.2, -0.15) is 0 Å². The standard InChI is InChI=1S/C15H19N3O3.C2H6/c19-13(20)10-17-8-6-15(7-9-17)14(21)16-11-18(15)12-4-2-1-3-5-12;1-2/h1-5H,6-11H2,(H,16,21)(H,19,20);1-2H3. The van der Waals surface area contributed by atoms with E-state index in [-0.39, 0.29) is 12.5 Å². The fraction of sp³-hybridized carbons (Fsp3) is 0.529. The van der Waals surface area contributed by atoms with Gasteiger partial charge in [-0.15, -0.1) is 0 Å². The number of benzene rings is 1. The van der Waals surface area contributed by atoms with Crippen molar-refractivity contribution in [3.63, 3.8) is 0 Å². The van der Waals surface area contributed by atoms with E-state index in [9.17, 15) is 9.59 Å². The summed E-state index contributed by atoms with van der Waals surface area (Å²) in [6.07, 6.45) is 1.31. The third-order valence-corrected chi connectivity index (χ3v) is 4.45. The zero-order valence-corrected chi connectivity index (χ0v) is 13.8. The summed E-state index contributed by atoms with van der Waals surface area (Å²) in [4.78, 5) is 27.2. The number of carboxylic acids is 1. The van der Waals surface area contributed by atoms with Gasteiger partial charge >= 0.3 is 5.97 Å². The highest BCUT2D eigenvalue weighted by Gasteiger charge is 2.50. The molecule has 2 aliphatic heterocycles. The number of carbonyl (C=O) groups is 2. The number of carboxylic acid groups (broad SMARTS) is 1. The SMILES string of the molecule is CC.O=C(O)CN1CCC2(CC1)C(=O)NCN2c1ccccc1. The molecule has 6 nitrogen and oxygen atoms in total. The second-order valence-electron chi connectivity index (χ2n) is 5.63. The van der Waals surface area contributed by atoms with Crippen molar-refractivity contribution in [2.24, 2.45) is 0 Å². The van der Waals surface area contributed by atoms with Crippen molar-refractivity contribution in [3.8, 4) is 0 Å². The molecule has 2 heterocycles. The molecule has 0 saturated carbocycles. The summed E-state index contributed by atoms with van der Waals surface area (Å²) in [5.74, 6) is -0.761. The van der Waals surface area contributed by atoms with Gasteiger partial charge in [0.15, 0.2) is 0 Å². The molecule has 0 bridgehead atoms. The van der Waals surface area contributed by atoms with Crippen molar-refractivity contribution < 1.29 is 14.7 Å². The van der Waals surface area contributed by atoms with Crippen LogP contribution >= 0.6 is 0 Å². The van der Waals surface area contributed by atoms with Gasteiger partial charge < -0.3 is 15.3 Å². The normalized spacial score (nSPS) is 19.9. The molecule has 1 aromatic carbocycles. The van der Waals surface area contributed by atoms with E-state index in [1.165, 1.54) is 0 Å². The summed E-state index contributed by atoms with van der Waals surface area (Å²) in [5, 5.41) is 11.8. The largest absolute Gasteiger partial charge is 0.480 e. The molecule has 3 rings (SSSR count). The molecule has 6 heteroatoms. The summed E-state index contributed by atoms with van der Waals surface area (Å²) in [6, 6.07) is 9.89. The van der Waals surface area contributed by atoms with Gasteiger partial charge in [-0.25, -0.2) is 0 Å². The van der Waals surface area contributed by atoms with Crippen LogP contribution in [-0.2, 0) is 9.59 Å². The predicted octanol–water partition coefficient (Wildman–Crippen LogP) is 1.53. The van der Waals surface area contributed by atoms with Gasteiger partial charge in [0.1, 0.15) is 5.54 Å². The number of anilines is 1. The quantitative estimate of drug-likeness (QED) is 0.884. The van der Waals surface area contributed by atoms with Gasteiger partial charge in [0.2, 0.25) is 5.91 Å². The summed E-state index contributed by atoms with van der Waals surface area (Å²) in [5.41, 5.74) is 0.499. The number of para-hydroxylation sites is 1. The second kappa shape index (κ2) is 7.46. The molecule has 1 spiro atoms. The lowest BCUT2D eigenvalue weighted by atomic mass is 9.85. The number of hydrogen-bond acceptors (Lipinski definition) is 4. The Balaban J connectivity index is 0.000000924. The highest BCUT2D eigenvalue weighted by molar-refractivity contribution is 5.93. The van der Waals surface area contributed by atoms with Crippen LogP contribution in [0.1, 0.15) is 26.7 Å². The van der Waals surface area contributed by atoms with E-state index in [0.717, 1.165) is 5.69 Å². The van der Waals surface area contributed by atoms with Crippen molar-refractivity contribution in [2.45, 2.75) is 32.2 Å². The molecular weight excluding hydrogens is 294 g/mol. The highest BCUT2D eigenvalue weighted by Crippen LogP contribution is 2.35. The maximum absolute atomic E-state index is 12.4. The third-order valence-electron chi connectivity index (χ3n) is 4.45. The number of nitrogens with zero attached hydrogens (tertiary/aromatic N) is 2.